The fraction of sp³-hybridized carbons (Fsp3) is 0.407. The van der Waals surface area contributed by atoms with Crippen LogP contribution >= 0.6 is 27.5 Å². The van der Waals surface area contributed by atoms with E-state index in [1.165, 1.54) is 24.4 Å². The molecule has 1 fully saturated rings. The number of hydrogen-bond donors (Lipinski definition) is 0. The molecule has 4 rings (SSSR count). The molecule has 1 aromatic heterocycles. The summed E-state index contributed by atoms with van der Waals surface area (Å²) < 4.78 is 18.6. The van der Waals surface area contributed by atoms with Crippen molar-refractivity contribution >= 4 is 50.6 Å². The van der Waals surface area contributed by atoms with Crippen LogP contribution in [0, 0.1) is 0 Å². The number of ether oxygens (including phenoxy) is 3. The van der Waals surface area contributed by atoms with Gasteiger partial charge < -0.3 is 14.2 Å². The van der Waals surface area contributed by atoms with Gasteiger partial charge in [0.15, 0.2) is 17.6 Å². The predicted molar refractivity (Wildman–Crippen MR) is 147 cm³/mol. The number of aromatic nitrogens is 2. The van der Waals surface area contributed by atoms with Gasteiger partial charge in [0.05, 0.1) is 30.8 Å². The molecular weight excluding hydrogens is 562 g/mol. The Bertz CT molecular complexity index is 1380. The largest absolute Gasteiger partial charge is 0.493 e. The third-order valence-electron chi connectivity index (χ3n) is 6.30. The standard InChI is InChI=1S/C27H29BrClN3O5/c1-4-36-27(34)16(2)37-24-18(12-20(29)14-23(24)35-3)15-30-32-25(17-8-6-5-7-9-17)31-22-11-10-19(28)13-21(22)26(32)33/h10-17H,4-9H2,1-3H3/t16-/m0/s1. The number of halogens is 2. The Morgan fingerprint density at radius 1 is 1.27 bits per heavy atom. The zero-order valence-corrected chi connectivity index (χ0v) is 23.3. The van der Waals surface area contributed by atoms with Gasteiger partial charge in [0, 0.05) is 27.0 Å². The molecule has 0 radical (unpaired) electrons. The summed E-state index contributed by atoms with van der Waals surface area (Å²) in [4.78, 5) is 30.7. The second-order valence-electron chi connectivity index (χ2n) is 8.87. The summed E-state index contributed by atoms with van der Waals surface area (Å²) in [5.74, 6) is 0.834. The molecule has 196 valence electrons. The number of carbonyl (C=O) groups excluding carboxylic acids is 1. The molecule has 0 unspecified atom stereocenters. The zero-order valence-electron chi connectivity index (χ0n) is 21.0. The summed E-state index contributed by atoms with van der Waals surface area (Å²) in [6.45, 7) is 3.55. The number of esters is 1. The molecule has 0 bridgehead atoms. The van der Waals surface area contributed by atoms with Crippen LogP contribution in [0.25, 0.3) is 10.9 Å². The fourth-order valence-corrected chi connectivity index (χ4v) is 5.05. The summed E-state index contributed by atoms with van der Waals surface area (Å²) in [5.41, 5.74) is 0.813. The van der Waals surface area contributed by atoms with Crippen molar-refractivity contribution < 1.29 is 19.0 Å². The number of rotatable bonds is 8. The lowest BCUT2D eigenvalue weighted by molar-refractivity contribution is -0.150. The van der Waals surface area contributed by atoms with E-state index in [-0.39, 0.29) is 23.8 Å². The van der Waals surface area contributed by atoms with Gasteiger partial charge in [-0.15, -0.1) is 0 Å². The molecule has 1 aliphatic carbocycles. The number of carbonyl (C=O) groups is 1. The van der Waals surface area contributed by atoms with E-state index in [1.54, 1.807) is 32.0 Å². The molecule has 0 spiro atoms. The highest BCUT2D eigenvalue weighted by Gasteiger charge is 2.24. The van der Waals surface area contributed by atoms with Crippen LogP contribution in [0.5, 0.6) is 11.5 Å². The van der Waals surface area contributed by atoms with Gasteiger partial charge in [0.25, 0.3) is 5.56 Å². The lowest BCUT2D eigenvalue weighted by Crippen LogP contribution is -2.27. The first kappa shape index (κ1) is 27.1. The molecule has 0 amide bonds. The van der Waals surface area contributed by atoms with Crippen molar-refractivity contribution in [3.63, 3.8) is 0 Å². The molecular formula is C27H29BrClN3O5. The molecule has 2 aromatic carbocycles. The molecule has 37 heavy (non-hydrogen) atoms. The Hall–Kier alpha value is -2.91. The highest BCUT2D eigenvalue weighted by molar-refractivity contribution is 9.10. The predicted octanol–water partition coefficient (Wildman–Crippen LogP) is 6.08. The average Bonchev–Trinajstić information content (AvgIpc) is 2.90. The monoisotopic (exact) mass is 589 g/mol. The average molecular weight is 591 g/mol. The summed E-state index contributed by atoms with van der Waals surface area (Å²) >= 11 is 9.78. The molecule has 0 aliphatic heterocycles. The second-order valence-corrected chi connectivity index (χ2v) is 10.2. The summed E-state index contributed by atoms with van der Waals surface area (Å²) in [6, 6.07) is 8.68. The Balaban J connectivity index is 1.83. The molecule has 3 aromatic rings. The SMILES string of the molecule is CCOC(=O)[C@H](C)Oc1c(C=Nn2c(C3CCCCC3)nc3ccc(Br)cc3c2=O)cc(Cl)cc1OC. The van der Waals surface area contributed by atoms with Crippen LogP contribution in [0.4, 0.5) is 0 Å². The van der Waals surface area contributed by atoms with Crippen molar-refractivity contribution in [1.82, 2.24) is 9.66 Å². The number of nitrogens with zero attached hydrogens (tertiary/aromatic N) is 3. The van der Waals surface area contributed by atoms with Crippen LogP contribution in [-0.4, -0.2) is 41.7 Å². The normalized spacial score (nSPS) is 15.2. The number of fused-ring (bicyclic) bond motifs is 1. The first-order valence-electron chi connectivity index (χ1n) is 12.3. The van der Waals surface area contributed by atoms with Gasteiger partial charge in [0.1, 0.15) is 5.82 Å². The third kappa shape index (κ3) is 6.15. The van der Waals surface area contributed by atoms with Crippen molar-refractivity contribution in [2.45, 2.75) is 58.0 Å². The Morgan fingerprint density at radius 3 is 2.73 bits per heavy atom. The number of benzene rings is 2. The van der Waals surface area contributed by atoms with Crippen LogP contribution in [0.3, 0.4) is 0 Å². The van der Waals surface area contributed by atoms with Crippen LogP contribution < -0.4 is 15.0 Å². The van der Waals surface area contributed by atoms with Gasteiger partial charge in [0.2, 0.25) is 0 Å². The zero-order chi connectivity index (χ0) is 26.5. The maximum Gasteiger partial charge on any atom is 0.347 e. The van der Waals surface area contributed by atoms with E-state index >= 15 is 0 Å². The third-order valence-corrected chi connectivity index (χ3v) is 7.01. The van der Waals surface area contributed by atoms with Gasteiger partial charge >= 0.3 is 5.97 Å². The quantitative estimate of drug-likeness (QED) is 0.233. The maximum atomic E-state index is 13.6. The second kappa shape index (κ2) is 12.1. The van der Waals surface area contributed by atoms with E-state index in [0.717, 1.165) is 30.2 Å². The first-order chi connectivity index (χ1) is 17.8. The number of hydrogen-bond acceptors (Lipinski definition) is 7. The number of methoxy groups -OCH3 is 1. The molecule has 8 nitrogen and oxygen atoms in total. The van der Waals surface area contributed by atoms with Gasteiger partial charge in [-0.3, -0.25) is 4.79 Å². The minimum atomic E-state index is -0.901. The Labute approximate surface area is 228 Å². The Morgan fingerprint density at radius 2 is 2.03 bits per heavy atom. The lowest BCUT2D eigenvalue weighted by atomic mass is 9.88. The smallest absolute Gasteiger partial charge is 0.347 e. The highest BCUT2D eigenvalue weighted by atomic mass is 79.9. The Kier molecular flexibility index (Phi) is 8.87. The molecule has 1 atom stereocenters. The summed E-state index contributed by atoms with van der Waals surface area (Å²) in [6.07, 6.45) is 5.81. The van der Waals surface area contributed by atoms with Crippen LogP contribution in [0.1, 0.15) is 63.3 Å². The van der Waals surface area contributed by atoms with Crippen LogP contribution in [0.2, 0.25) is 5.02 Å². The van der Waals surface area contributed by atoms with Gasteiger partial charge in [-0.25, -0.2) is 9.78 Å². The van der Waals surface area contributed by atoms with E-state index in [4.69, 9.17) is 30.8 Å². The van der Waals surface area contributed by atoms with Crippen molar-refractivity contribution in [2.75, 3.05) is 13.7 Å². The van der Waals surface area contributed by atoms with E-state index in [9.17, 15) is 9.59 Å². The van der Waals surface area contributed by atoms with Gasteiger partial charge in [-0.1, -0.05) is 46.8 Å². The first-order valence-corrected chi connectivity index (χ1v) is 13.5. The minimum absolute atomic E-state index is 0.125. The maximum absolute atomic E-state index is 13.6. The minimum Gasteiger partial charge on any atom is -0.493 e. The van der Waals surface area contributed by atoms with Crippen molar-refractivity contribution in [3.05, 3.63) is 61.6 Å². The van der Waals surface area contributed by atoms with Gasteiger partial charge in [-0.05, 0) is 51.0 Å². The van der Waals surface area contributed by atoms with E-state index in [1.807, 2.05) is 12.1 Å². The molecule has 0 N–H and O–H groups in total. The van der Waals surface area contributed by atoms with Crippen LogP contribution in [0.15, 0.2) is 44.7 Å². The topological polar surface area (TPSA) is 92.0 Å². The molecule has 10 heteroatoms. The van der Waals surface area contributed by atoms with Crippen molar-refractivity contribution in [2.24, 2.45) is 5.10 Å². The van der Waals surface area contributed by atoms with E-state index in [0.29, 0.717) is 33.1 Å². The van der Waals surface area contributed by atoms with E-state index in [2.05, 4.69) is 21.0 Å². The van der Waals surface area contributed by atoms with Crippen molar-refractivity contribution in [1.29, 1.82) is 0 Å². The summed E-state index contributed by atoms with van der Waals surface area (Å²) in [7, 11) is 1.48. The lowest BCUT2D eigenvalue weighted by Gasteiger charge is -2.23. The van der Waals surface area contributed by atoms with Crippen molar-refractivity contribution in [3.8, 4) is 11.5 Å². The summed E-state index contributed by atoms with van der Waals surface area (Å²) in [5, 5.41) is 5.43. The van der Waals surface area contributed by atoms with Gasteiger partial charge in [-0.2, -0.15) is 9.78 Å². The molecule has 1 aliphatic rings. The molecule has 0 saturated heterocycles. The highest BCUT2D eigenvalue weighted by Crippen LogP contribution is 2.35. The molecule has 1 saturated carbocycles. The van der Waals surface area contributed by atoms with E-state index < -0.39 is 12.1 Å². The van der Waals surface area contributed by atoms with Crippen LogP contribution in [-0.2, 0) is 9.53 Å². The molecule has 1 heterocycles. The fourth-order valence-electron chi connectivity index (χ4n) is 4.47.